The molecule has 1 saturated carbocycles. The summed E-state index contributed by atoms with van der Waals surface area (Å²) in [5, 5.41) is 6.08. The SMILES string of the molecule is Cc1cnc(Nc2cc(C)c([C@H]3CC[C@@H](N(C)C)CC3)cc2OC(C)C)nc1Nc1ccccc1S(=O)(=O)C(C)C. The van der Waals surface area contributed by atoms with Gasteiger partial charge in [0, 0.05) is 17.8 Å². The molecule has 222 valence electrons. The number of ether oxygens (including phenoxy) is 1. The summed E-state index contributed by atoms with van der Waals surface area (Å²) in [7, 11) is 0.862. The van der Waals surface area contributed by atoms with Gasteiger partial charge in [0.2, 0.25) is 5.95 Å². The topological polar surface area (TPSA) is 96.4 Å². The lowest BCUT2D eigenvalue weighted by Crippen LogP contribution is -2.31. The molecule has 0 saturated heterocycles. The molecule has 1 aliphatic rings. The third-order valence-electron chi connectivity index (χ3n) is 7.88. The maximum absolute atomic E-state index is 13.0. The van der Waals surface area contributed by atoms with Crippen molar-refractivity contribution in [2.24, 2.45) is 0 Å². The quantitative estimate of drug-likeness (QED) is 0.262. The molecule has 8 nitrogen and oxygen atoms in total. The van der Waals surface area contributed by atoms with E-state index in [2.05, 4.69) is 53.7 Å². The number of aromatic nitrogens is 2. The van der Waals surface area contributed by atoms with Gasteiger partial charge < -0.3 is 20.3 Å². The zero-order valence-corrected chi connectivity index (χ0v) is 26.5. The lowest BCUT2D eigenvalue weighted by molar-refractivity contribution is 0.215. The minimum absolute atomic E-state index is 0.00570. The fourth-order valence-electron chi connectivity index (χ4n) is 5.44. The smallest absolute Gasteiger partial charge is 0.229 e. The monoisotopic (exact) mass is 579 g/mol. The number of benzene rings is 2. The minimum Gasteiger partial charge on any atom is -0.489 e. The molecule has 9 heteroatoms. The maximum atomic E-state index is 13.0. The van der Waals surface area contributed by atoms with Crippen LogP contribution in [0.4, 0.5) is 23.1 Å². The van der Waals surface area contributed by atoms with Crippen molar-refractivity contribution in [1.82, 2.24) is 14.9 Å². The number of anilines is 4. The molecule has 1 heterocycles. The molecule has 3 aromatic rings. The normalized spacial score (nSPS) is 17.7. The van der Waals surface area contributed by atoms with E-state index in [0.29, 0.717) is 29.4 Å². The standard InChI is InChI=1S/C32H45N5O3S/c1-20(2)40-29-18-26(24-13-15-25(16-14-24)37(7)8)22(5)17-28(29)35-32-33-19-23(6)31(36-32)34-27-11-9-10-12-30(27)41(38,39)21(3)4/h9-12,17-21,24-25H,13-16H2,1-8H3,(H2,33,34,35,36)/t24-,25+. The first-order chi connectivity index (χ1) is 19.4. The zero-order valence-electron chi connectivity index (χ0n) is 25.7. The zero-order chi connectivity index (χ0) is 29.9. The fourth-order valence-corrected chi connectivity index (χ4v) is 6.65. The first kappa shape index (κ1) is 30.8. The van der Waals surface area contributed by atoms with Crippen LogP contribution in [-0.2, 0) is 9.84 Å². The first-order valence-electron chi connectivity index (χ1n) is 14.5. The third-order valence-corrected chi connectivity index (χ3v) is 10.1. The molecule has 0 unspecified atom stereocenters. The Morgan fingerprint density at radius 1 is 0.927 bits per heavy atom. The van der Waals surface area contributed by atoms with Gasteiger partial charge in [0.05, 0.1) is 27.6 Å². The number of sulfone groups is 1. The second-order valence-corrected chi connectivity index (χ2v) is 14.4. The van der Waals surface area contributed by atoms with Crippen LogP contribution in [0.3, 0.4) is 0 Å². The van der Waals surface area contributed by atoms with Crippen LogP contribution < -0.4 is 15.4 Å². The third kappa shape index (κ3) is 7.19. The van der Waals surface area contributed by atoms with Gasteiger partial charge in [0.25, 0.3) is 0 Å². The summed E-state index contributed by atoms with van der Waals surface area (Å²) >= 11 is 0. The van der Waals surface area contributed by atoms with Gasteiger partial charge in [-0.3, -0.25) is 0 Å². The molecular weight excluding hydrogens is 534 g/mol. The molecule has 1 fully saturated rings. The number of hydrogen-bond donors (Lipinski definition) is 2. The van der Waals surface area contributed by atoms with Crippen LogP contribution in [0, 0.1) is 13.8 Å². The number of nitrogens with one attached hydrogen (secondary N) is 2. The number of rotatable bonds is 10. The van der Waals surface area contributed by atoms with Crippen molar-refractivity contribution in [3.8, 4) is 5.75 Å². The van der Waals surface area contributed by atoms with Crippen LogP contribution in [0.1, 0.15) is 76.0 Å². The predicted octanol–water partition coefficient (Wildman–Crippen LogP) is 7.14. The summed E-state index contributed by atoms with van der Waals surface area (Å²) in [4.78, 5) is 11.8. The Morgan fingerprint density at radius 3 is 2.24 bits per heavy atom. The second-order valence-electron chi connectivity index (χ2n) is 11.9. The minimum atomic E-state index is -3.48. The first-order valence-corrected chi connectivity index (χ1v) is 16.1. The van der Waals surface area contributed by atoms with E-state index >= 15 is 0 Å². The average Bonchev–Trinajstić information content (AvgIpc) is 2.92. The summed E-state index contributed by atoms with van der Waals surface area (Å²) < 4.78 is 32.2. The molecule has 0 bridgehead atoms. The van der Waals surface area contributed by atoms with E-state index in [1.54, 1.807) is 38.2 Å². The van der Waals surface area contributed by atoms with E-state index in [1.807, 2.05) is 26.8 Å². The van der Waals surface area contributed by atoms with Crippen LogP contribution in [0.2, 0.25) is 0 Å². The Kier molecular flexibility index (Phi) is 9.59. The van der Waals surface area contributed by atoms with E-state index in [4.69, 9.17) is 9.72 Å². The highest BCUT2D eigenvalue weighted by Gasteiger charge is 2.26. The second kappa shape index (κ2) is 12.8. The van der Waals surface area contributed by atoms with Crippen molar-refractivity contribution in [3.63, 3.8) is 0 Å². The summed E-state index contributed by atoms with van der Waals surface area (Å²) in [6.45, 7) is 11.5. The van der Waals surface area contributed by atoms with Crippen LogP contribution in [0.15, 0.2) is 47.5 Å². The van der Waals surface area contributed by atoms with Crippen LogP contribution in [0.5, 0.6) is 5.75 Å². The van der Waals surface area contributed by atoms with Crippen LogP contribution in [-0.4, -0.2) is 54.8 Å². The molecule has 2 aromatic carbocycles. The van der Waals surface area contributed by atoms with Gasteiger partial charge in [-0.05, 0) is 123 Å². The van der Waals surface area contributed by atoms with E-state index in [9.17, 15) is 8.42 Å². The molecule has 41 heavy (non-hydrogen) atoms. The van der Waals surface area contributed by atoms with E-state index in [0.717, 1.165) is 17.0 Å². The number of nitrogens with zero attached hydrogens (tertiary/aromatic N) is 3. The highest BCUT2D eigenvalue weighted by Crippen LogP contribution is 2.40. The van der Waals surface area contributed by atoms with E-state index in [-0.39, 0.29) is 11.0 Å². The number of para-hydroxylation sites is 1. The van der Waals surface area contributed by atoms with Gasteiger partial charge in [-0.2, -0.15) is 4.98 Å². The summed E-state index contributed by atoms with van der Waals surface area (Å²) in [6.07, 6.45) is 6.47. The van der Waals surface area contributed by atoms with Crippen molar-refractivity contribution in [3.05, 3.63) is 59.3 Å². The summed E-state index contributed by atoms with van der Waals surface area (Å²) in [5.41, 5.74) is 4.65. The average molecular weight is 580 g/mol. The van der Waals surface area contributed by atoms with Crippen molar-refractivity contribution >= 4 is 33.0 Å². The Balaban J connectivity index is 1.63. The molecule has 0 aliphatic heterocycles. The van der Waals surface area contributed by atoms with Crippen LogP contribution >= 0.6 is 0 Å². The molecule has 0 radical (unpaired) electrons. The van der Waals surface area contributed by atoms with Gasteiger partial charge in [0.1, 0.15) is 11.6 Å². The van der Waals surface area contributed by atoms with Crippen molar-refractivity contribution in [1.29, 1.82) is 0 Å². The van der Waals surface area contributed by atoms with Gasteiger partial charge in [-0.1, -0.05) is 12.1 Å². The lowest BCUT2D eigenvalue weighted by atomic mass is 9.80. The maximum Gasteiger partial charge on any atom is 0.229 e. The highest BCUT2D eigenvalue weighted by atomic mass is 32.2. The molecule has 1 aromatic heterocycles. The van der Waals surface area contributed by atoms with E-state index in [1.165, 1.54) is 36.8 Å². The number of aryl methyl sites for hydroxylation is 2. The summed E-state index contributed by atoms with van der Waals surface area (Å²) in [6, 6.07) is 11.9. The lowest BCUT2D eigenvalue weighted by Gasteiger charge is -2.33. The molecular formula is C32H45N5O3S. The fraction of sp³-hybridized carbons (Fsp3) is 0.500. The van der Waals surface area contributed by atoms with E-state index < -0.39 is 15.1 Å². The van der Waals surface area contributed by atoms with Crippen LogP contribution in [0.25, 0.3) is 0 Å². The molecule has 0 amide bonds. The Bertz CT molecular complexity index is 1460. The molecule has 0 atom stereocenters. The molecule has 1 aliphatic carbocycles. The Morgan fingerprint density at radius 2 is 1.61 bits per heavy atom. The number of hydrogen-bond acceptors (Lipinski definition) is 8. The molecule has 0 spiro atoms. The van der Waals surface area contributed by atoms with Gasteiger partial charge in [0.15, 0.2) is 9.84 Å². The van der Waals surface area contributed by atoms with Crippen molar-refractivity contribution < 1.29 is 13.2 Å². The predicted molar refractivity (Wildman–Crippen MR) is 168 cm³/mol. The molecule has 2 N–H and O–H groups in total. The largest absolute Gasteiger partial charge is 0.489 e. The van der Waals surface area contributed by atoms with Crippen molar-refractivity contribution in [2.45, 2.75) is 95.4 Å². The van der Waals surface area contributed by atoms with Gasteiger partial charge >= 0.3 is 0 Å². The van der Waals surface area contributed by atoms with Crippen molar-refractivity contribution in [2.75, 3.05) is 24.7 Å². The van der Waals surface area contributed by atoms with Gasteiger partial charge in [-0.25, -0.2) is 13.4 Å². The summed E-state index contributed by atoms with van der Waals surface area (Å²) in [5.74, 6) is 2.23. The molecule has 4 rings (SSSR count). The Labute approximate surface area is 245 Å². The highest BCUT2D eigenvalue weighted by molar-refractivity contribution is 7.92. The Hall–Kier alpha value is -3.17. The van der Waals surface area contributed by atoms with Gasteiger partial charge in [-0.15, -0.1) is 0 Å².